The zero-order valence-corrected chi connectivity index (χ0v) is 15.3. The molecular weight excluding hydrogens is 356 g/mol. The second kappa shape index (κ2) is 6.36. The molecule has 9 heteroatoms. The van der Waals surface area contributed by atoms with Gasteiger partial charge in [-0.1, -0.05) is 0 Å². The zero-order chi connectivity index (χ0) is 19.3. The molecule has 2 unspecified atom stereocenters. The van der Waals surface area contributed by atoms with E-state index in [9.17, 15) is 4.79 Å². The molecular formula is C19H22N8O. The molecule has 0 saturated carbocycles. The largest absolute Gasteiger partial charge is 0.397 e. The summed E-state index contributed by atoms with van der Waals surface area (Å²) in [6.45, 7) is 0. The summed E-state index contributed by atoms with van der Waals surface area (Å²) in [4.78, 5) is 21.9. The molecule has 0 aromatic carbocycles. The second-order valence-corrected chi connectivity index (χ2v) is 7.58. The molecule has 2 saturated heterocycles. The number of rotatable bonds is 4. The number of hydrogen-bond acceptors (Lipinski definition) is 7. The highest BCUT2D eigenvalue weighted by Gasteiger charge is 2.41. The van der Waals surface area contributed by atoms with Crippen LogP contribution in [0.3, 0.4) is 0 Å². The summed E-state index contributed by atoms with van der Waals surface area (Å²) < 4.78 is 0. The molecule has 5 heterocycles. The molecule has 2 aliphatic heterocycles. The number of nitrogens with two attached hydrogens (primary N) is 2. The molecule has 0 spiro atoms. The van der Waals surface area contributed by atoms with Crippen molar-refractivity contribution >= 4 is 34.1 Å². The number of anilines is 3. The van der Waals surface area contributed by atoms with E-state index < -0.39 is 5.91 Å². The van der Waals surface area contributed by atoms with Crippen LogP contribution in [0.25, 0.3) is 11.0 Å². The van der Waals surface area contributed by atoms with E-state index in [1.807, 2.05) is 18.2 Å². The molecule has 0 aliphatic carbocycles. The highest BCUT2D eigenvalue weighted by Crippen LogP contribution is 2.40. The number of piperidine rings is 1. The number of carbonyl (C=O) groups is 1. The second-order valence-electron chi connectivity index (χ2n) is 7.58. The fourth-order valence-corrected chi connectivity index (χ4v) is 4.66. The number of H-pyrrole nitrogens is 1. The first-order valence-corrected chi connectivity index (χ1v) is 9.50. The third kappa shape index (κ3) is 2.70. The van der Waals surface area contributed by atoms with Crippen LogP contribution >= 0.6 is 0 Å². The van der Waals surface area contributed by atoms with Gasteiger partial charge in [0.15, 0.2) is 11.3 Å². The van der Waals surface area contributed by atoms with Crippen molar-refractivity contribution in [2.24, 2.45) is 5.73 Å². The van der Waals surface area contributed by atoms with E-state index in [4.69, 9.17) is 11.5 Å². The zero-order valence-electron chi connectivity index (χ0n) is 15.3. The molecule has 2 bridgehead atoms. The van der Waals surface area contributed by atoms with Crippen LogP contribution in [0.15, 0.2) is 30.6 Å². The number of nitrogen functional groups attached to an aromatic ring is 1. The van der Waals surface area contributed by atoms with Crippen LogP contribution in [-0.2, 0) is 0 Å². The number of aromatic nitrogens is 4. The third-order valence-electron chi connectivity index (χ3n) is 5.83. The fourth-order valence-electron chi connectivity index (χ4n) is 4.66. The summed E-state index contributed by atoms with van der Waals surface area (Å²) in [5.41, 5.74) is 13.5. The number of amides is 1. The molecule has 28 heavy (non-hydrogen) atoms. The number of nitrogens with zero attached hydrogens (tertiary/aromatic N) is 4. The minimum atomic E-state index is -0.579. The van der Waals surface area contributed by atoms with Crippen LogP contribution in [-0.4, -0.2) is 44.2 Å². The molecule has 0 radical (unpaired) electrons. The van der Waals surface area contributed by atoms with Crippen LogP contribution in [0.2, 0.25) is 0 Å². The van der Waals surface area contributed by atoms with Gasteiger partial charge in [0.25, 0.3) is 5.91 Å². The van der Waals surface area contributed by atoms with Gasteiger partial charge < -0.3 is 26.7 Å². The van der Waals surface area contributed by atoms with Crippen molar-refractivity contribution in [2.45, 2.75) is 43.8 Å². The first-order chi connectivity index (χ1) is 13.6. The van der Waals surface area contributed by atoms with Gasteiger partial charge in [0.1, 0.15) is 5.82 Å². The van der Waals surface area contributed by atoms with Crippen LogP contribution < -0.4 is 21.7 Å². The smallest absolute Gasteiger partial charge is 0.271 e. The lowest BCUT2D eigenvalue weighted by atomic mass is 9.96. The average molecular weight is 378 g/mol. The van der Waals surface area contributed by atoms with Crippen molar-refractivity contribution in [3.05, 3.63) is 36.3 Å². The van der Waals surface area contributed by atoms with Crippen LogP contribution in [0.5, 0.6) is 0 Å². The first kappa shape index (κ1) is 16.8. The molecule has 2 aliphatic rings. The van der Waals surface area contributed by atoms with Crippen molar-refractivity contribution in [3.8, 4) is 0 Å². The summed E-state index contributed by atoms with van der Waals surface area (Å²) in [6, 6.07) is 6.82. The minimum Gasteiger partial charge on any atom is -0.397 e. The Kier molecular flexibility index (Phi) is 3.81. The molecule has 144 valence electrons. The number of hydrogen-bond donors (Lipinski definition) is 4. The summed E-state index contributed by atoms with van der Waals surface area (Å²) in [7, 11) is 0. The van der Waals surface area contributed by atoms with Gasteiger partial charge in [-0.25, -0.2) is 4.98 Å². The summed E-state index contributed by atoms with van der Waals surface area (Å²) >= 11 is 0. The quantitative estimate of drug-likeness (QED) is 0.541. The van der Waals surface area contributed by atoms with Gasteiger partial charge in [0, 0.05) is 29.7 Å². The van der Waals surface area contributed by atoms with Crippen LogP contribution in [0, 0.1) is 0 Å². The van der Waals surface area contributed by atoms with E-state index >= 15 is 0 Å². The normalized spacial score (nSPS) is 23.9. The topological polar surface area (TPSA) is 139 Å². The lowest BCUT2D eigenvalue weighted by molar-refractivity contribution is 0.0995. The number of fused-ring (bicyclic) bond motifs is 3. The van der Waals surface area contributed by atoms with Crippen molar-refractivity contribution in [3.63, 3.8) is 0 Å². The standard InChI is InChI=1S/C19H22N8O/c20-10-1-4-15(23-9-10)27-12-2-3-13(27)8-11(7-12)24-16-14-5-6-22-19(14)26-25-17(16)18(21)28/h1,4-6,9,11-13H,2-3,7-8,20H2,(H2,21,28)(H2,22,24,26). The summed E-state index contributed by atoms with van der Waals surface area (Å²) in [6.07, 6.45) is 7.67. The van der Waals surface area contributed by atoms with E-state index in [2.05, 4.69) is 30.4 Å². The Balaban J connectivity index is 1.41. The third-order valence-corrected chi connectivity index (χ3v) is 5.83. The number of nitrogens with one attached hydrogen (secondary N) is 2. The minimum absolute atomic E-state index is 0.182. The van der Waals surface area contributed by atoms with Gasteiger partial charge in [-0.3, -0.25) is 4.79 Å². The van der Waals surface area contributed by atoms with Gasteiger partial charge in [0.2, 0.25) is 0 Å². The van der Waals surface area contributed by atoms with Crippen molar-refractivity contribution < 1.29 is 4.79 Å². The molecule has 2 atom stereocenters. The summed E-state index contributed by atoms with van der Waals surface area (Å²) in [5.74, 6) is 0.404. The molecule has 1 amide bonds. The number of pyridine rings is 1. The first-order valence-electron chi connectivity index (χ1n) is 9.50. The molecule has 3 aromatic rings. The fraction of sp³-hybridized carbons (Fsp3) is 0.368. The molecule has 2 fully saturated rings. The lowest BCUT2D eigenvalue weighted by Gasteiger charge is -2.40. The SMILES string of the molecule is NC(=O)c1nnc2[nH]ccc2c1NC1CC2CCC(C1)N2c1ccc(N)cn1. The highest BCUT2D eigenvalue weighted by molar-refractivity contribution is 6.04. The van der Waals surface area contributed by atoms with Crippen molar-refractivity contribution in [1.82, 2.24) is 20.2 Å². The maximum atomic E-state index is 11.9. The average Bonchev–Trinajstić information content (AvgIpc) is 3.25. The van der Waals surface area contributed by atoms with Crippen LogP contribution in [0.1, 0.15) is 36.2 Å². The number of primary amides is 1. The van der Waals surface area contributed by atoms with E-state index in [0.717, 1.165) is 36.9 Å². The monoisotopic (exact) mass is 378 g/mol. The van der Waals surface area contributed by atoms with Gasteiger partial charge in [-0.15, -0.1) is 10.2 Å². The Bertz CT molecular complexity index is 1020. The summed E-state index contributed by atoms with van der Waals surface area (Å²) in [5, 5.41) is 12.4. The Morgan fingerprint density at radius 2 is 1.96 bits per heavy atom. The van der Waals surface area contributed by atoms with E-state index in [0.29, 0.717) is 29.1 Å². The Labute approximate surface area is 161 Å². The van der Waals surface area contributed by atoms with Gasteiger partial charge in [0.05, 0.1) is 17.6 Å². The Morgan fingerprint density at radius 3 is 2.64 bits per heavy atom. The van der Waals surface area contributed by atoms with Crippen LogP contribution in [0.4, 0.5) is 17.2 Å². The predicted molar refractivity (Wildman–Crippen MR) is 107 cm³/mol. The molecule has 5 rings (SSSR count). The maximum Gasteiger partial charge on any atom is 0.271 e. The van der Waals surface area contributed by atoms with Crippen molar-refractivity contribution in [1.29, 1.82) is 0 Å². The Morgan fingerprint density at radius 1 is 1.18 bits per heavy atom. The Hall–Kier alpha value is -3.36. The lowest BCUT2D eigenvalue weighted by Crippen LogP contribution is -2.47. The number of aromatic amines is 1. The predicted octanol–water partition coefficient (Wildman–Crippen LogP) is 1.65. The highest BCUT2D eigenvalue weighted by atomic mass is 16.1. The molecule has 6 N–H and O–H groups in total. The van der Waals surface area contributed by atoms with Crippen molar-refractivity contribution in [2.75, 3.05) is 16.0 Å². The maximum absolute atomic E-state index is 11.9. The molecule has 3 aromatic heterocycles. The number of carbonyl (C=O) groups excluding carboxylic acids is 1. The van der Waals surface area contributed by atoms with Gasteiger partial charge in [-0.2, -0.15) is 0 Å². The molecule has 9 nitrogen and oxygen atoms in total. The van der Waals surface area contributed by atoms with Gasteiger partial charge >= 0.3 is 0 Å². The van der Waals surface area contributed by atoms with E-state index in [-0.39, 0.29) is 11.7 Å². The van der Waals surface area contributed by atoms with Gasteiger partial charge in [-0.05, 0) is 43.9 Å². The van der Waals surface area contributed by atoms with E-state index in [1.54, 1.807) is 12.4 Å². The van der Waals surface area contributed by atoms with E-state index in [1.165, 1.54) is 0 Å².